The third kappa shape index (κ3) is 3.22. The molecular formula is C15H16N8O2. The molecule has 0 atom stereocenters. The molecule has 0 aliphatic rings. The molecule has 2 heterocycles. The van der Waals surface area contributed by atoms with Crippen molar-refractivity contribution >= 4 is 17.2 Å². The SMILES string of the molecule is C/C(=N\N=C(/C)c1nnn(-c2nonc2N)c1C)c1ccc(O)cc1. The van der Waals surface area contributed by atoms with Gasteiger partial charge in [0.05, 0.1) is 17.1 Å². The van der Waals surface area contributed by atoms with E-state index in [0.717, 1.165) is 5.56 Å². The number of aromatic nitrogens is 5. The molecule has 3 aromatic rings. The normalized spacial score (nSPS) is 12.6. The first kappa shape index (κ1) is 16.3. The Bertz CT molecular complexity index is 952. The van der Waals surface area contributed by atoms with Crippen molar-refractivity contribution in [1.29, 1.82) is 0 Å². The van der Waals surface area contributed by atoms with Gasteiger partial charge in [-0.05, 0) is 60.9 Å². The van der Waals surface area contributed by atoms with Crippen LogP contribution < -0.4 is 5.73 Å². The highest BCUT2D eigenvalue weighted by Gasteiger charge is 2.17. The molecule has 1 aromatic carbocycles. The lowest BCUT2D eigenvalue weighted by molar-refractivity contribution is 0.306. The van der Waals surface area contributed by atoms with Crippen LogP contribution in [0.5, 0.6) is 5.75 Å². The largest absolute Gasteiger partial charge is 0.508 e. The fourth-order valence-corrected chi connectivity index (χ4v) is 2.16. The lowest BCUT2D eigenvalue weighted by atomic mass is 10.1. The summed E-state index contributed by atoms with van der Waals surface area (Å²) in [6, 6.07) is 6.72. The van der Waals surface area contributed by atoms with Crippen LogP contribution in [0, 0.1) is 6.92 Å². The minimum Gasteiger partial charge on any atom is -0.508 e. The van der Waals surface area contributed by atoms with Crippen molar-refractivity contribution in [2.75, 3.05) is 5.73 Å². The molecule has 10 nitrogen and oxygen atoms in total. The van der Waals surface area contributed by atoms with Gasteiger partial charge in [-0.1, -0.05) is 5.21 Å². The molecule has 0 saturated carbocycles. The first-order chi connectivity index (χ1) is 12.0. The van der Waals surface area contributed by atoms with Crippen molar-refractivity contribution in [2.45, 2.75) is 20.8 Å². The number of hydrogen-bond donors (Lipinski definition) is 2. The molecule has 0 aliphatic heterocycles. The number of nitrogen functional groups attached to an aromatic ring is 1. The molecule has 0 fully saturated rings. The molecule has 3 rings (SSSR count). The Kier molecular flexibility index (Phi) is 4.25. The fraction of sp³-hybridized carbons (Fsp3) is 0.200. The summed E-state index contributed by atoms with van der Waals surface area (Å²) in [6.07, 6.45) is 0. The first-order valence-corrected chi connectivity index (χ1v) is 7.36. The van der Waals surface area contributed by atoms with Crippen LogP contribution in [0.15, 0.2) is 39.1 Å². The number of nitrogens with two attached hydrogens (primary N) is 1. The number of nitrogens with zero attached hydrogens (tertiary/aromatic N) is 7. The van der Waals surface area contributed by atoms with E-state index in [9.17, 15) is 5.11 Å². The molecule has 0 unspecified atom stereocenters. The number of aromatic hydroxyl groups is 1. The fourth-order valence-electron chi connectivity index (χ4n) is 2.16. The van der Waals surface area contributed by atoms with Gasteiger partial charge in [-0.15, -0.1) is 5.10 Å². The molecule has 0 spiro atoms. The van der Waals surface area contributed by atoms with Crippen LogP contribution in [-0.2, 0) is 0 Å². The summed E-state index contributed by atoms with van der Waals surface area (Å²) in [7, 11) is 0. The van der Waals surface area contributed by atoms with Crippen LogP contribution in [0.25, 0.3) is 5.82 Å². The lowest BCUT2D eigenvalue weighted by Gasteiger charge is -2.00. The van der Waals surface area contributed by atoms with Gasteiger partial charge in [0.2, 0.25) is 11.6 Å². The molecule has 2 aromatic heterocycles. The monoisotopic (exact) mass is 340 g/mol. The van der Waals surface area contributed by atoms with Crippen molar-refractivity contribution in [3.05, 3.63) is 41.2 Å². The summed E-state index contributed by atoms with van der Waals surface area (Å²) in [5.74, 6) is 0.591. The van der Waals surface area contributed by atoms with Crippen LogP contribution in [0.2, 0.25) is 0 Å². The van der Waals surface area contributed by atoms with Crippen LogP contribution in [0.3, 0.4) is 0 Å². The Morgan fingerprint density at radius 3 is 2.44 bits per heavy atom. The average Bonchev–Trinajstić information content (AvgIpc) is 3.18. The third-order valence-corrected chi connectivity index (χ3v) is 3.57. The Labute approximate surface area is 142 Å². The standard InChI is InChI=1S/C15H16N8O2/c1-8(11-4-6-12(24)7-5-11)17-18-9(2)13-10(3)23(22-19-13)15-14(16)20-25-21-15/h4-7,24H,1-3H3,(H2,16,20)/b17-8+,18-9+. The number of phenolic OH excluding ortho intramolecular Hbond substituents is 1. The van der Waals surface area contributed by atoms with Crippen LogP contribution in [0.1, 0.15) is 30.8 Å². The number of hydrogen-bond acceptors (Lipinski definition) is 9. The predicted octanol–water partition coefficient (Wildman–Crippen LogP) is 1.48. The third-order valence-electron chi connectivity index (χ3n) is 3.57. The molecule has 0 amide bonds. The molecule has 0 aliphatic carbocycles. The minimum absolute atomic E-state index is 0.121. The smallest absolute Gasteiger partial charge is 0.243 e. The van der Waals surface area contributed by atoms with Crippen molar-refractivity contribution in [2.24, 2.45) is 10.2 Å². The van der Waals surface area contributed by atoms with E-state index in [2.05, 4.69) is 35.5 Å². The second kappa shape index (κ2) is 6.51. The summed E-state index contributed by atoms with van der Waals surface area (Å²) >= 11 is 0. The Hall–Kier alpha value is -3.56. The zero-order valence-corrected chi connectivity index (χ0v) is 13.9. The highest BCUT2D eigenvalue weighted by Crippen LogP contribution is 2.15. The summed E-state index contributed by atoms with van der Waals surface area (Å²) in [4.78, 5) is 0. The van der Waals surface area contributed by atoms with Gasteiger partial charge < -0.3 is 10.8 Å². The molecular weight excluding hydrogens is 324 g/mol. The minimum atomic E-state index is 0.121. The zero-order valence-electron chi connectivity index (χ0n) is 13.9. The van der Waals surface area contributed by atoms with Crippen LogP contribution in [0.4, 0.5) is 5.82 Å². The molecule has 0 radical (unpaired) electrons. The Morgan fingerprint density at radius 1 is 1.12 bits per heavy atom. The van der Waals surface area contributed by atoms with Gasteiger partial charge in [0.1, 0.15) is 11.4 Å². The van der Waals surface area contributed by atoms with Gasteiger partial charge in [0.15, 0.2) is 0 Å². The van der Waals surface area contributed by atoms with Crippen molar-refractivity contribution in [3.63, 3.8) is 0 Å². The van der Waals surface area contributed by atoms with Crippen molar-refractivity contribution < 1.29 is 9.74 Å². The van der Waals surface area contributed by atoms with Crippen LogP contribution >= 0.6 is 0 Å². The number of benzene rings is 1. The van der Waals surface area contributed by atoms with E-state index in [-0.39, 0.29) is 17.4 Å². The maximum absolute atomic E-state index is 9.33. The van der Waals surface area contributed by atoms with Crippen LogP contribution in [-0.4, -0.2) is 41.8 Å². The van der Waals surface area contributed by atoms with E-state index in [0.29, 0.717) is 22.8 Å². The zero-order chi connectivity index (χ0) is 18.0. The highest BCUT2D eigenvalue weighted by molar-refractivity contribution is 6.01. The molecule has 0 saturated heterocycles. The van der Waals surface area contributed by atoms with Crippen molar-refractivity contribution in [3.8, 4) is 11.6 Å². The van der Waals surface area contributed by atoms with Crippen molar-refractivity contribution in [1.82, 2.24) is 25.3 Å². The molecule has 3 N–H and O–H groups in total. The highest BCUT2D eigenvalue weighted by atomic mass is 16.6. The van der Waals surface area contributed by atoms with E-state index >= 15 is 0 Å². The van der Waals surface area contributed by atoms with E-state index in [1.165, 1.54) is 4.68 Å². The first-order valence-electron chi connectivity index (χ1n) is 7.36. The maximum atomic E-state index is 9.33. The lowest BCUT2D eigenvalue weighted by Crippen LogP contribution is -2.04. The second-order valence-corrected chi connectivity index (χ2v) is 5.33. The Morgan fingerprint density at radius 2 is 1.80 bits per heavy atom. The van der Waals surface area contributed by atoms with Gasteiger partial charge in [-0.3, -0.25) is 0 Å². The predicted molar refractivity (Wildman–Crippen MR) is 90.9 cm³/mol. The molecule has 0 bridgehead atoms. The van der Waals surface area contributed by atoms with Gasteiger partial charge in [0, 0.05) is 0 Å². The number of phenols is 1. The van der Waals surface area contributed by atoms with E-state index < -0.39 is 0 Å². The average molecular weight is 340 g/mol. The van der Waals surface area contributed by atoms with E-state index in [1.807, 2.05) is 6.92 Å². The summed E-state index contributed by atoms with van der Waals surface area (Å²) in [5.41, 5.74) is 9.06. The molecule has 10 heteroatoms. The molecule has 128 valence electrons. The maximum Gasteiger partial charge on any atom is 0.243 e. The topological polar surface area (TPSA) is 141 Å². The Balaban J connectivity index is 1.88. The van der Waals surface area contributed by atoms with Gasteiger partial charge in [-0.25, -0.2) is 4.63 Å². The van der Waals surface area contributed by atoms with Gasteiger partial charge in [0.25, 0.3) is 0 Å². The second-order valence-electron chi connectivity index (χ2n) is 5.33. The summed E-state index contributed by atoms with van der Waals surface area (Å²) in [5, 5.41) is 33.1. The van der Waals surface area contributed by atoms with E-state index in [4.69, 9.17) is 5.73 Å². The van der Waals surface area contributed by atoms with Gasteiger partial charge in [-0.2, -0.15) is 14.9 Å². The quantitative estimate of drug-likeness (QED) is 0.541. The summed E-state index contributed by atoms with van der Waals surface area (Å²) < 4.78 is 6.00. The number of rotatable bonds is 4. The summed E-state index contributed by atoms with van der Waals surface area (Å²) in [6.45, 7) is 5.41. The van der Waals surface area contributed by atoms with E-state index in [1.54, 1.807) is 38.1 Å². The molecule has 25 heavy (non-hydrogen) atoms. The van der Waals surface area contributed by atoms with Gasteiger partial charge >= 0.3 is 0 Å². The number of anilines is 1.